The molecular formula is C24H28N4O2S. The van der Waals surface area contributed by atoms with E-state index in [-0.39, 0.29) is 11.8 Å². The summed E-state index contributed by atoms with van der Waals surface area (Å²) >= 11 is 1.55. The first-order valence-electron chi connectivity index (χ1n) is 10.8. The normalized spacial score (nSPS) is 14.7. The second kappa shape index (κ2) is 9.58. The predicted octanol–water partition coefficient (Wildman–Crippen LogP) is 3.34. The number of carbonyl (C=O) groups excluding carboxylic acids is 2. The molecule has 2 aromatic carbocycles. The SMILES string of the molecule is CCN(C(=O)CN1CCN(C(=O)Cc2ccccc2C)CC1)c1nc2ccccc2s1. The van der Waals surface area contributed by atoms with Gasteiger partial charge in [0.25, 0.3) is 0 Å². The van der Waals surface area contributed by atoms with Gasteiger partial charge in [-0.3, -0.25) is 19.4 Å². The molecule has 0 N–H and O–H groups in total. The van der Waals surface area contributed by atoms with Gasteiger partial charge in [0.05, 0.1) is 23.2 Å². The van der Waals surface area contributed by atoms with E-state index in [9.17, 15) is 9.59 Å². The second-order valence-corrected chi connectivity index (χ2v) is 8.87. The fraction of sp³-hybridized carbons (Fsp3) is 0.375. The maximum absolute atomic E-state index is 13.0. The van der Waals surface area contributed by atoms with Crippen LogP contribution in [0.4, 0.5) is 5.13 Å². The standard InChI is InChI=1S/C24H28N4O2S/c1-3-28(24-25-20-10-6-7-11-21(20)31-24)23(30)17-26-12-14-27(15-13-26)22(29)16-19-9-5-4-8-18(19)2/h4-11H,3,12-17H2,1-2H3. The van der Waals surface area contributed by atoms with Gasteiger partial charge < -0.3 is 4.90 Å². The highest BCUT2D eigenvalue weighted by molar-refractivity contribution is 7.22. The van der Waals surface area contributed by atoms with E-state index in [1.807, 2.05) is 67.3 Å². The first-order valence-corrected chi connectivity index (χ1v) is 11.6. The van der Waals surface area contributed by atoms with Gasteiger partial charge in [-0.2, -0.15) is 0 Å². The molecule has 31 heavy (non-hydrogen) atoms. The Hall–Kier alpha value is -2.77. The third-order valence-electron chi connectivity index (χ3n) is 5.82. The number of para-hydroxylation sites is 1. The molecule has 0 atom stereocenters. The summed E-state index contributed by atoms with van der Waals surface area (Å²) < 4.78 is 1.09. The molecule has 0 saturated carbocycles. The number of anilines is 1. The van der Waals surface area contributed by atoms with Crippen molar-refractivity contribution in [3.63, 3.8) is 0 Å². The lowest BCUT2D eigenvalue weighted by molar-refractivity contribution is -0.132. The van der Waals surface area contributed by atoms with Crippen molar-refractivity contribution in [1.82, 2.24) is 14.8 Å². The molecule has 0 spiro atoms. The zero-order chi connectivity index (χ0) is 21.8. The van der Waals surface area contributed by atoms with Crippen LogP contribution in [0, 0.1) is 6.92 Å². The van der Waals surface area contributed by atoms with Crippen LogP contribution in [0.25, 0.3) is 10.2 Å². The van der Waals surface area contributed by atoms with Crippen molar-refractivity contribution in [2.24, 2.45) is 0 Å². The molecule has 3 aromatic rings. The molecule has 4 rings (SSSR count). The van der Waals surface area contributed by atoms with Crippen molar-refractivity contribution >= 4 is 38.5 Å². The summed E-state index contributed by atoms with van der Waals surface area (Å²) in [6.07, 6.45) is 0.437. The lowest BCUT2D eigenvalue weighted by atomic mass is 10.1. The molecule has 6 nitrogen and oxygen atoms in total. The molecule has 2 heterocycles. The fourth-order valence-electron chi connectivity index (χ4n) is 3.91. The largest absolute Gasteiger partial charge is 0.340 e. The highest BCUT2D eigenvalue weighted by Crippen LogP contribution is 2.28. The monoisotopic (exact) mass is 436 g/mol. The quantitative estimate of drug-likeness (QED) is 0.595. The number of fused-ring (bicyclic) bond motifs is 1. The van der Waals surface area contributed by atoms with E-state index in [0.29, 0.717) is 45.7 Å². The zero-order valence-corrected chi connectivity index (χ0v) is 18.9. The van der Waals surface area contributed by atoms with Gasteiger partial charge in [-0.05, 0) is 37.1 Å². The number of carbonyl (C=O) groups is 2. The Labute approximate surface area is 187 Å². The Morgan fingerprint density at radius 2 is 1.74 bits per heavy atom. The minimum absolute atomic E-state index is 0.0567. The number of hydrogen-bond donors (Lipinski definition) is 0. The number of aryl methyl sites for hydroxylation is 1. The molecule has 7 heteroatoms. The van der Waals surface area contributed by atoms with Crippen molar-refractivity contribution in [3.8, 4) is 0 Å². The Bertz CT molecular complexity index is 1040. The first kappa shape index (κ1) is 21.5. The van der Waals surface area contributed by atoms with Crippen LogP contribution < -0.4 is 4.90 Å². The number of aromatic nitrogens is 1. The van der Waals surface area contributed by atoms with Crippen molar-refractivity contribution in [2.75, 3.05) is 44.2 Å². The molecule has 1 fully saturated rings. The third-order valence-corrected chi connectivity index (χ3v) is 6.88. The molecule has 1 aromatic heterocycles. The highest BCUT2D eigenvalue weighted by Gasteiger charge is 2.25. The Morgan fingerprint density at radius 3 is 2.45 bits per heavy atom. The smallest absolute Gasteiger partial charge is 0.242 e. The van der Waals surface area contributed by atoms with Gasteiger partial charge in [-0.15, -0.1) is 0 Å². The highest BCUT2D eigenvalue weighted by atomic mass is 32.1. The lowest BCUT2D eigenvalue weighted by Gasteiger charge is -2.35. The van der Waals surface area contributed by atoms with E-state index in [1.165, 1.54) is 0 Å². The maximum Gasteiger partial charge on any atom is 0.242 e. The minimum atomic E-state index is 0.0567. The van der Waals surface area contributed by atoms with Crippen LogP contribution in [0.1, 0.15) is 18.1 Å². The molecule has 0 aliphatic carbocycles. The summed E-state index contributed by atoms with van der Waals surface area (Å²) in [5.41, 5.74) is 3.16. The summed E-state index contributed by atoms with van der Waals surface area (Å²) in [5.74, 6) is 0.214. The van der Waals surface area contributed by atoms with E-state index >= 15 is 0 Å². The number of nitrogens with zero attached hydrogens (tertiary/aromatic N) is 4. The molecule has 0 radical (unpaired) electrons. The van der Waals surface area contributed by atoms with Crippen LogP contribution in [-0.2, 0) is 16.0 Å². The molecular weight excluding hydrogens is 408 g/mol. The first-order chi connectivity index (χ1) is 15.0. The number of rotatable bonds is 6. The molecule has 162 valence electrons. The number of piperazine rings is 1. The van der Waals surface area contributed by atoms with E-state index < -0.39 is 0 Å². The van der Waals surface area contributed by atoms with Crippen LogP contribution in [-0.4, -0.2) is 65.9 Å². The maximum atomic E-state index is 13.0. The molecule has 0 unspecified atom stereocenters. The van der Waals surface area contributed by atoms with Crippen LogP contribution in [0.2, 0.25) is 0 Å². The van der Waals surface area contributed by atoms with Gasteiger partial charge >= 0.3 is 0 Å². The van der Waals surface area contributed by atoms with E-state index in [2.05, 4.69) is 9.88 Å². The fourth-order valence-corrected chi connectivity index (χ4v) is 4.96. The average molecular weight is 437 g/mol. The third kappa shape index (κ3) is 4.94. The lowest BCUT2D eigenvalue weighted by Crippen LogP contribution is -2.52. The Kier molecular flexibility index (Phi) is 6.63. The molecule has 1 aliphatic heterocycles. The summed E-state index contributed by atoms with van der Waals surface area (Å²) in [7, 11) is 0. The summed E-state index contributed by atoms with van der Waals surface area (Å²) in [5, 5.41) is 0.751. The van der Waals surface area contributed by atoms with E-state index in [4.69, 9.17) is 0 Å². The zero-order valence-electron chi connectivity index (χ0n) is 18.1. The van der Waals surface area contributed by atoms with Crippen molar-refractivity contribution in [1.29, 1.82) is 0 Å². The van der Waals surface area contributed by atoms with Gasteiger partial charge in [0.1, 0.15) is 0 Å². The van der Waals surface area contributed by atoms with Crippen LogP contribution in [0.15, 0.2) is 48.5 Å². The summed E-state index contributed by atoms with van der Waals surface area (Å²) in [6, 6.07) is 16.0. The van der Waals surface area contributed by atoms with Crippen molar-refractivity contribution < 1.29 is 9.59 Å². The number of benzene rings is 2. The van der Waals surface area contributed by atoms with Crippen LogP contribution in [0.3, 0.4) is 0 Å². The Morgan fingerprint density at radius 1 is 1.03 bits per heavy atom. The molecule has 1 aliphatic rings. The van der Waals surface area contributed by atoms with Gasteiger partial charge in [0.15, 0.2) is 5.13 Å². The summed E-state index contributed by atoms with van der Waals surface area (Å²) in [6.45, 7) is 7.70. The van der Waals surface area contributed by atoms with Crippen LogP contribution in [0.5, 0.6) is 0 Å². The second-order valence-electron chi connectivity index (χ2n) is 7.86. The van der Waals surface area contributed by atoms with Crippen molar-refractivity contribution in [3.05, 3.63) is 59.7 Å². The molecule has 1 saturated heterocycles. The number of thiazole rings is 1. The van der Waals surface area contributed by atoms with Gasteiger partial charge in [0.2, 0.25) is 11.8 Å². The predicted molar refractivity (Wildman–Crippen MR) is 126 cm³/mol. The van der Waals surface area contributed by atoms with Crippen molar-refractivity contribution in [2.45, 2.75) is 20.3 Å². The van der Waals surface area contributed by atoms with Gasteiger partial charge in [-0.1, -0.05) is 47.7 Å². The van der Waals surface area contributed by atoms with E-state index in [0.717, 1.165) is 26.5 Å². The number of likely N-dealkylation sites (N-methyl/N-ethyl adjacent to an activating group) is 1. The van der Waals surface area contributed by atoms with Crippen LogP contribution >= 0.6 is 11.3 Å². The minimum Gasteiger partial charge on any atom is -0.340 e. The van der Waals surface area contributed by atoms with Gasteiger partial charge in [-0.25, -0.2) is 4.98 Å². The molecule has 2 amide bonds. The van der Waals surface area contributed by atoms with E-state index in [1.54, 1.807) is 16.2 Å². The molecule has 0 bridgehead atoms. The van der Waals surface area contributed by atoms with Gasteiger partial charge in [0, 0.05) is 32.7 Å². The average Bonchev–Trinajstić information content (AvgIpc) is 3.20. The number of hydrogen-bond acceptors (Lipinski definition) is 5. The number of amides is 2. The Balaban J connectivity index is 1.32. The topological polar surface area (TPSA) is 56.8 Å². The summed E-state index contributed by atoms with van der Waals surface area (Å²) in [4.78, 5) is 36.1.